The van der Waals surface area contributed by atoms with Crippen molar-refractivity contribution < 1.29 is 22.0 Å². The number of piperazine rings is 1. The first-order valence-corrected chi connectivity index (χ1v) is 7.32. The molecular formula is C14H17Cl2F5N2. The summed E-state index contributed by atoms with van der Waals surface area (Å²) in [7, 11) is 0. The average Bonchev–Trinajstić information content (AvgIpc) is 2.46. The van der Waals surface area contributed by atoms with Crippen molar-refractivity contribution in [3.63, 3.8) is 0 Å². The van der Waals surface area contributed by atoms with Gasteiger partial charge >= 0.3 is 6.18 Å². The molecule has 2 nitrogen and oxygen atoms in total. The predicted octanol–water partition coefficient (Wildman–Crippen LogP) is 4.33. The maximum atomic E-state index is 14.1. The second-order valence-corrected chi connectivity index (χ2v) is 5.59. The van der Waals surface area contributed by atoms with E-state index in [1.54, 1.807) is 4.90 Å². The van der Waals surface area contributed by atoms with Gasteiger partial charge in [-0.05, 0) is 18.6 Å². The molecule has 0 aromatic heterocycles. The lowest BCUT2D eigenvalue weighted by atomic mass is 9.98. The Bertz CT molecular complexity index is 519. The molecule has 1 saturated heterocycles. The van der Waals surface area contributed by atoms with E-state index >= 15 is 0 Å². The van der Waals surface area contributed by atoms with E-state index < -0.39 is 35.3 Å². The SMILES string of the molecule is Cl.Fc1ccc(F)c([C@H](CCC(F)(F)F)N2CCNCC2)c1Cl. The Balaban J connectivity index is 0.00000264. The molecule has 0 spiro atoms. The zero-order valence-corrected chi connectivity index (χ0v) is 13.7. The van der Waals surface area contributed by atoms with Crippen molar-refractivity contribution in [3.8, 4) is 0 Å². The summed E-state index contributed by atoms with van der Waals surface area (Å²) in [6, 6.07) is 0.880. The van der Waals surface area contributed by atoms with E-state index in [4.69, 9.17) is 11.6 Å². The smallest absolute Gasteiger partial charge is 0.314 e. The lowest BCUT2D eigenvalue weighted by Crippen LogP contribution is -2.45. The number of benzene rings is 1. The molecule has 0 radical (unpaired) electrons. The lowest BCUT2D eigenvalue weighted by Gasteiger charge is -2.36. The normalized spacial score (nSPS) is 17.7. The fraction of sp³-hybridized carbons (Fsp3) is 0.571. The van der Waals surface area contributed by atoms with Gasteiger partial charge in [-0.25, -0.2) is 8.78 Å². The van der Waals surface area contributed by atoms with E-state index in [2.05, 4.69) is 5.32 Å². The molecule has 2 rings (SSSR count). The summed E-state index contributed by atoms with van der Waals surface area (Å²) in [6.07, 6.45) is -5.79. The van der Waals surface area contributed by atoms with Gasteiger partial charge in [-0.2, -0.15) is 13.2 Å². The summed E-state index contributed by atoms with van der Waals surface area (Å²) in [5.74, 6) is -1.61. The van der Waals surface area contributed by atoms with Crippen LogP contribution in [0.3, 0.4) is 0 Å². The van der Waals surface area contributed by atoms with Gasteiger partial charge in [-0.1, -0.05) is 11.6 Å². The van der Waals surface area contributed by atoms with Gasteiger partial charge in [0, 0.05) is 44.2 Å². The molecule has 9 heteroatoms. The molecule has 1 heterocycles. The topological polar surface area (TPSA) is 15.3 Å². The number of halogens is 7. The summed E-state index contributed by atoms with van der Waals surface area (Å²) >= 11 is 5.82. The minimum Gasteiger partial charge on any atom is -0.314 e. The van der Waals surface area contributed by atoms with Gasteiger partial charge in [0.25, 0.3) is 0 Å². The maximum absolute atomic E-state index is 14.1. The summed E-state index contributed by atoms with van der Waals surface area (Å²) < 4.78 is 65.3. The molecular weight excluding hydrogens is 362 g/mol. The fourth-order valence-corrected chi connectivity index (χ4v) is 2.93. The summed E-state index contributed by atoms with van der Waals surface area (Å²) in [5, 5.41) is 2.63. The third kappa shape index (κ3) is 5.45. The van der Waals surface area contributed by atoms with Crippen LogP contribution in [-0.2, 0) is 0 Å². The van der Waals surface area contributed by atoms with E-state index in [-0.39, 0.29) is 24.4 Å². The highest BCUT2D eigenvalue weighted by atomic mass is 35.5. The number of hydrogen-bond acceptors (Lipinski definition) is 2. The van der Waals surface area contributed by atoms with Crippen molar-refractivity contribution in [3.05, 3.63) is 34.4 Å². The van der Waals surface area contributed by atoms with Gasteiger partial charge in [-0.15, -0.1) is 12.4 Å². The van der Waals surface area contributed by atoms with Crippen molar-refractivity contribution in [1.82, 2.24) is 10.2 Å². The Morgan fingerprint density at radius 1 is 1.13 bits per heavy atom. The zero-order valence-electron chi connectivity index (χ0n) is 12.1. The van der Waals surface area contributed by atoms with Crippen LogP contribution >= 0.6 is 24.0 Å². The van der Waals surface area contributed by atoms with Gasteiger partial charge < -0.3 is 5.32 Å². The van der Waals surface area contributed by atoms with Gasteiger partial charge in [0.1, 0.15) is 11.6 Å². The van der Waals surface area contributed by atoms with Gasteiger partial charge in [0.05, 0.1) is 5.02 Å². The Morgan fingerprint density at radius 3 is 2.26 bits per heavy atom. The fourth-order valence-electron chi connectivity index (χ4n) is 2.65. The minimum absolute atomic E-state index is 0. The van der Waals surface area contributed by atoms with Crippen molar-refractivity contribution in [2.45, 2.75) is 25.1 Å². The Hall–Kier alpha value is -0.630. The van der Waals surface area contributed by atoms with Crippen molar-refractivity contribution in [1.29, 1.82) is 0 Å². The molecule has 1 aromatic rings. The number of alkyl halides is 3. The maximum Gasteiger partial charge on any atom is 0.389 e. The van der Waals surface area contributed by atoms with Gasteiger partial charge in [0.15, 0.2) is 0 Å². The summed E-state index contributed by atoms with van der Waals surface area (Å²) in [5.41, 5.74) is -0.187. The monoisotopic (exact) mass is 378 g/mol. The van der Waals surface area contributed by atoms with Gasteiger partial charge in [-0.3, -0.25) is 4.90 Å². The zero-order chi connectivity index (χ0) is 16.3. The quantitative estimate of drug-likeness (QED) is 0.619. The van der Waals surface area contributed by atoms with Crippen LogP contribution in [-0.4, -0.2) is 37.3 Å². The van der Waals surface area contributed by atoms with Crippen molar-refractivity contribution >= 4 is 24.0 Å². The van der Waals surface area contributed by atoms with E-state index in [0.29, 0.717) is 26.2 Å². The molecule has 0 bridgehead atoms. The Kier molecular flexibility index (Phi) is 7.51. The molecule has 1 atom stereocenters. The van der Waals surface area contributed by atoms with E-state index in [1.165, 1.54) is 0 Å². The first kappa shape index (κ1) is 20.4. The molecule has 1 N–H and O–H groups in total. The number of nitrogens with one attached hydrogen (secondary N) is 1. The highest BCUT2D eigenvalue weighted by Gasteiger charge is 2.33. The van der Waals surface area contributed by atoms with Crippen molar-refractivity contribution in [2.75, 3.05) is 26.2 Å². The molecule has 1 fully saturated rings. The third-order valence-corrected chi connectivity index (χ3v) is 4.09. The second kappa shape index (κ2) is 8.46. The van der Waals surface area contributed by atoms with Crippen molar-refractivity contribution in [2.24, 2.45) is 0 Å². The lowest BCUT2D eigenvalue weighted by molar-refractivity contribution is -0.138. The standard InChI is InChI=1S/C14H16ClF5N2.ClH/c15-13-10(17)2-1-9(16)12(13)11(3-4-14(18,19)20)22-7-5-21-6-8-22;/h1-2,11,21H,3-8H2;1H/t11-;/m0./s1. The first-order valence-electron chi connectivity index (χ1n) is 6.94. The molecule has 0 aliphatic carbocycles. The molecule has 0 saturated carbocycles. The van der Waals surface area contributed by atoms with E-state index in [1.807, 2.05) is 0 Å². The average molecular weight is 379 g/mol. The second-order valence-electron chi connectivity index (χ2n) is 5.21. The molecule has 1 aromatic carbocycles. The first-order chi connectivity index (χ1) is 10.3. The largest absolute Gasteiger partial charge is 0.389 e. The van der Waals surface area contributed by atoms with Crippen LogP contribution < -0.4 is 5.32 Å². The number of rotatable bonds is 4. The van der Waals surface area contributed by atoms with Crippen LogP contribution in [0.25, 0.3) is 0 Å². The van der Waals surface area contributed by atoms with E-state index in [0.717, 1.165) is 12.1 Å². The molecule has 1 aliphatic heterocycles. The van der Waals surface area contributed by atoms with Gasteiger partial charge in [0.2, 0.25) is 0 Å². The van der Waals surface area contributed by atoms with Crippen LogP contribution in [0.1, 0.15) is 24.4 Å². The predicted molar refractivity (Wildman–Crippen MR) is 81.1 cm³/mol. The van der Waals surface area contributed by atoms with Crippen LogP contribution in [0.15, 0.2) is 12.1 Å². The van der Waals surface area contributed by atoms with Crippen LogP contribution in [0.4, 0.5) is 22.0 Å². The van der Waals surface area contributed by atoms with Crippen LogP contribution in [0, 0.1) is 11.6 Å². The number of nitrogens with zero attached hydrogens (tertiary/aromatic N) is 1. The summed E-state index contributed by atoms with van der Waals surface area (Å²) in [4.78, 5) is 1.71. The summed E-state index contributed by atoms with van der Waals surface area (Å²) in [6.45, 7) is 2.07. The molecule has 0 unspecified atom stereocenters. The number of hydrogen-bond donors (Lipinski definition) is 1. The Labute approximate surface area is 142 Å². The molecule has 23 heavy (non-hydrogen) atoms. The third-order valence-electron chi connectivity index (χ3n) is 3.71. The molecule has 1 aliphatic rings. The highest BCUT2D eigenvalue weighted by Crippen LogP contribution is 2.37. The minimum atomic E-state index is -4.36. The molecule has 132 valence electrons. The van der Waals surface area contributed by atoms with E-state index in [9.17, 15) is 22.0 Å². The van der Waals surface area contributed by atoms with Crippen LogP contribution in [0.5, 0.6) is 0 Å². The van der Waals surface area contributed by atoms with Crippen LogP contribution in [0.2, 0.25) is 5.02 Å². The highest BCUT2D eigenvalue weighted by molar-refractivity contribution is 6.31. The Morgan fingerprint density at radius 2 is 1.70 bits per heavy atom. The molecule has 0 amide bonds.